The van der Waals surface area contributed by atoms with Crippen LogP contribution in [0.3, 0.4) is 0 Å². The van der Waals surface area contributed by atoms with Crippen LogP contribution in [-0.2, 0) is 4.74 Å². The maximum Gasteiger partial charge on any atom is 0.193 e. The van der Waals surface area contributed by atoms with Crippen LogP contribution >= 0.6 is 35.7 Å². The van der Waals surface area contributed by atoms with E-state index in [0.29, 0.717) is 0 Å². The Hall–Kier alpha value is 0.270. The van der Waals surface area contributed by atoms with E-state index in [1.807, 2.05) is 0 Å². The highest BCUT2D eigenvalue weighted by atomic mass is 127. The number of likely N-dealkylation sites (tertiary alicyclic amines) is 1. The quantitative estimate of drug-likeness (QED) is 0.360. The second kappa shape index (κ2) is 10.3. The number of thioether (sulfide) groups is 1. The number of hydrogen-bond donors (Lipinski definition) is 1. The number of ether oxygens (including phenoxy) is 1. The van der Waals surface area contributed by atoms with Crippen molar-refractivity contribution >= 4 is 41.7 Å². The first-order chi connectivity index (χ1) is 12.8. The SMILES string of the molecule is CCNC(=NCC1(N2CCOCC2)CCSC1)N1CC2CCCCC2C1.I. The second-order valence-electron chi connectivity index (χ2n) is 8.51. The van der Waals surface area contributed by atoms with E-state index in [9.17, 15) is 0 Å². The van der Waals surface area contributed by atoms with Gasteiger partial charge in [0.15, 0.2) is 5.96 Å². The number of nitrogens with one attached hydrogen (secondary N) is 1. The molecule has 3 atom stereocenters. The zero-order valence-corrected chi connectivity index (χ0v) is 20.0. The van der Waals surface area contributed by atoms with Gasteiger partial charge in [-0.25, -0.2) is 0 Å². The molecule has 3 unspecified atom stereocenters. The monoisotopic (exact) mass is 508 g/mol. The molecule has 156 valence electrons. The molecule has 1 N–H and O–H groups in total. The predicted molar refractivity (Wildman–Crippen MR) is 125 cm³/mol. The maximum absolute atomic E-state index is 5.60. The average Bonchev–Trinajstić information content (AvgIpc) is 3.33. The van der Waals surface area contributed by atoms with Gasteiger partial charge in [-0.15, -0.1) is 24.0 Å². The van der Waals surface area contributed by atoms with Crippen LogP contribution in [0.25, 0.3) is 0 Å². The summed E-state index contributed by atoms with van der Waals surface area (Å²) in [7, 11) is 0. The average molecular weight is 509 g/mol. The van der Waals surface area contributed by atoms with Crippen molar-refractivity contribution in [1.82, 2.24) is 15.1 Å². The Morgan fingerprint density at radius 2 is 1.89 bits per heavy atom. The Bertz CT molecular complexity index is 480. The fourth-order valence-corrected chi connectivity index (χ4v) is 6.80. The summed E-state index contributed by atoms with van der Waals surface area (Å²) in [5, 5.41) is 3.60. The lowest BCUT2D eigenvalue weighted by Gasteiger charge is -2.42. The van der Waals surface area contributed by atoms with Gasteiger partial charge >= 0.3 is 0 Å². The molecule has 7 heteroatoms. The van der Waals surface area contributed by atoms with Crippen molar-refractivity contribution in [2.75, 3.05) is 64.0 Å². The minimum atomic E-state index is 0. The number of morpholine rings is 1. The van der Waals surface area contributed by atoms with E-state index >= 15 is 0 Å². The van der Waals surface area contributed by atoms with Gasteiger partial charge in [0.05, 0.1) is 25.3 Å². The highest BCUT2D eigenvalue weighted by Crippen LogP contribution is 2.37. The van der Waals surface area contributed by atoms with Gasteiger partial charge in [0, 0.05) is 38.5 Å². The number of halogens is 1. The number of hydrogen-bond acceptors (Lipinski definition) is 4. The van der Waals surface area contributed by atoms with E-state index in [1.54, 1.807) is 0 Å². The molecule has 0 aromatic heterocycles. The molecule has 4 rings (SSSR count). The van der Waals surface area contributed by atoms with Crippen molar-refractivity contribution in [3.8, 4) is 0 Å². The zero-order chi connectivity index (χ0) is 17.8. The molecule has 0 bridgehead atoms. The third-order valence-electron chi connectivity index (χ3n) is 6.90. The first kappa shape index (κ1) is 22.0. The molecule has 3 aliphatic heterocycles. The molecule has 3 heterocycles. The van der Waals surface area contributed by atoms with E-state index in [-0.39, 0.29) is 29.5 Å². The van der Waals surface area contributed by atoms with Crippen LogP contribution in [0.2, 0.25) is 0 Å². The van der Waals surface area contributed by atoms with Gasteiger partial charge in [0.2, 0.25) is 0 Å². The largest absolute Gasteiger partial charge is 0.379 e. The molecule has 4 aliphatic rings. The predicted octanol–water partition coefficient (Wildman–Crippen LogP) is 2.90. The first-order valence-corrected chi connectivity index (χ1v) is 11.9. The highest BCUT2D eigenvalue weighted by molar-refractivity contribution is 14.0. The topological polar surface area (TPSA) is 40.1 Å². The molecular formula is C20H37IN4OS. The Morgan fingerprint density at radius 3 is 2.48 bits per heavy atom. The van der Waals surface area contributed by atoms with E-state index in [4.69, 9.17) is 9.73 Å². The number of fused-ring (bicyclic) bond motifs is 1. The smallest absolute Gasteiger partial charge is 0.193 e. The Labute approximate surface area is 186 Å². The van der Waals surface area contributed by atoms with E-state index in [1.165, 1.54) is 62.7 Å². The lowest BCUT2D eigenvalue weighted by molar-refractivity contribution is -0.0105. The van der Waals surface area contributed by atoms with Gasteiger partial charge in [0.25, 0.3) is 0 Å². The molecule has 0 aromatic rings. The molecule has 0 amide bonds. The highest BCUT2D eigenvalue weighted by Gasteiger charge is 2.41. The summed E-state index contributed by atoms with van der Waals surface area (Å²) in [4.78, 5) is 10.5. The van der Waals surface area contributed by atoms with Gasteiger partial charge in [0.1, 0.15) is 0 Å². The molecule has 5 nitrogen and oxygen atoms in total. The van der Waals surface area contributed by atoms with Crippen LogP contribution in [0.4, 0.5) is 0 Å². The van der Waals surface area contributed by atoms with Crippen LogP contribution in [0.1, 0.15) is 39.0 Å². The molecule has 1 aliphatic carbocycles. The van der Waals surface area contributed by atoms with Gasteiger partial charge in [-0.1, -0.05) is 12.8 Å². The number of rotatable bonds is 4. The molecule has 0 radical (unpaired) electrons. The molecular weight excluding hydrogens is 471 g/mol. The summed E-state index contributed by atoms with van der Waals surface area (Å²) in [5.74, 6) is 5.48. The van der Waals surface area contributed by atoms with Crippen molar-refractivity contribution in [2.45, 2.75) is 44.6 Å². The first-order valence-electron chi connectivity index (χ1n) is 10.7. The summed E-state index contributed by atoms with van der Waals surface area (Å²) >= 11 is 2.10. The zero-order valence-electron chi connectivity index (χ0n) is 16.8. The number of guanidine groups is 1. The van der Waals surface area contributed by atoms with Crippen LogP contribution in [0, 0.1) is 11.8 Å². The van der Waals surface area contributed by atoms with Gasteiger partial charge in [-0.2, -0.15) is 11.8 Å². The minimum absolute atomic E-state index is 0. The summed E-state index contributed by atoms with van der Waals surface area (Å²) in [6.07, 6.45) is 6.98. The molecule has 4 fully saturated rings. The molecule has 27 heavy (non-hydrogen) atoms. The van der Waals surface area contributed by atoms with Crippen molar-refractivity contribution < 1.29 is 4.74 Å². The summed E-state index contributed by atoms with van der Waals surface area (Å²) in [6, 6.07) is 0. The van der Waals surface area contributed by atoms with E-state index < -0.39 is 0 Å². The van der Waals surface area contributed by atoms with Crippen molar-refractivity contribution in [3.63, 3.8) is 0 Å². The molecule has 0 aromatic carbocycles. The third-order valence-corrected chi connectivity index (χ3v) is 8.13. The summed E-state index contributed by atoms with van der Waals surface area (Å²) in [6.45, 7) is 10.4. The van der Waals surface area contributed by atoms with Crippen molar-refractivity contribution in [1.29, 1.82) is 0 Å². The van der Waals surface area contributed by atoms with Crippen LogP contribution < -0.4 is 5.32 Å². The Balaban J connectivity index is 0.00000210. The van der Waals surface area contributed by atoms with Gasteiger partial charge in [-0.05, 0) is 43.8 Å². The summed E-state index contributed by atoms with van der Waals surface area (Å²) in [5.41, 5.74) is 0.252. The fourth-order valence-electron chi connectivity index (χ4n) is 5.33. The Kier molecular flexibility index (Phi) is 8.42. The minimum Gasteiger partial charge on any atom is -0.379 e. The Morgan fingerprint density at radius 1 is 1.19 bits per heavy atom. The summed E-state index contributed by atoms with van der Waals surface area (Å²) < 4.78 is 5.60. The molecule has 1 saturated carbocycles. The van der Waals surface area contributed by atoms with Crippen molar-refractivity contribution in [3.05, 3.63) is 0 Å². The van der Waals surface area contributed by atoms with Gasteiger partial charge in [-0.3, -0.25) is 9.89 Å². The second-order valence-corrected chi connectivity index (χ2v) is 9.61. The van der Waals surface area contributed by atoms with Crippen molar-refractivity contribution in [2.24, 2.45) is 16.8 Å². The third kappa shape index (κ3) is 5.07. The molecule has 3 saturated heterocycles. The van der Waals surface area contributed by atoms with Gasteiger partial charge < -0.3 is 15.0 Å². The number of aliphatic imine (C=N–C) groups is 1. The standard InChI is InChI=1S/C20H36N4OS.HI/c1-2-21-19(23-13-17-5-3-4-6-18(17)14-23)22-15-20(7-12-26-16-20)24-8-10-25-11-9-24;/h17-18H,2-16H2,1H3,(H,21,22);1H. The van der Waals surface area contributed by atoms with Crippen LogP contribution in [0.15, 0.2) is 4.99 Å². The maximum atomic E-state index is 5.60. The molecule has 0 spiro atoms. The lowest BCUT2D eigenvalue weighted by Crippen LogP contribution is -2.56. The van der Waals surface area contributed by atoms with E-state index in [0.717, 1.165) is 51.2 Å². The fraction of sp³-hybridized carbons (Fsp3) is 0.950. The lowest BCUT2D eigenvalue weighted by atomic mass is 9.82. The van der Waals surface area contributed by atoms with Crippen LogP contribution in [-0.4, -0.2) is 85.3 Å². The van der Waals surface area contributed by atoms with E-state index in [2.05, 4.69) is 33.8 Å². The van der Waals surface area contributed by atoms with Crippen LogP contribution in [0.5, 0.6) is 0 Å². The number of nitrogens with zero attached hydrogens (tertiary/aromatic N) is 3. The normalized spacial score (nSPS) is 35.0.